The third-order valence-corrected chi connectivity index (χ3v) is 6.38. The van der Waals surface area contributed by atoms with Crippen molar-refractivity contribution in [2.45, 2.75) is 63.7 Å². The van der Waals surface area contributed by atoms with Crippen LogP contribution in [-0.2, 0) is 0 Å². The molecule has 27 heavy (non-hydrogen) atoms. The van der Waals surface area contributed by atoms with Crippen molar-refractivity contribution in [3.63, 3.8) is 0 Å². The lowest BCUT2D eigenvalue weighted by Gasteiger charge is -2.15. The van der Waals surface area contributed by atoms with E-state index in [9.17, 15) is 0 Å². The van der Waals surface area contributed by atoms with E-state index >= 15 is 0 Å². The average Bonchev–Trinajstić information content (AvgIpc) is 2.70. The summed E-state index contributed by atoms with van der Waals surface area (Å²) < 4.78 is 0. The Balaban J connectivity index is 1.82. The van der Waals surface area contributed by atoms with Crippen molar-refractivity contribution < 1.29 is 0 Å². The number of aromatic nitrogens is 3. The highest BCUT2D eigenvalue weighted by molar-refractivity contribution is 7.99. The van der Waals surface area contributed by atoms with E-state index in [-0.39, 0.29) is 0 Å². The molecule has 0 N–H and O–H groups in total. The van der Waals surface area contributed by atoms with Gasteiger partial charge in [0, 0.05) is 29.2 Å². The van der Waals surface area contributed by atoms with E-state index in [1.165, 1.54) is 37.7 Å². The van der Waals surface area contributed by atoms with Crippen LogP contribution in [0.1, 0.15) is 58.8 Å². The number of rotatable bonds is 12. The van der Waals surface area contributed by atoms with Gasteiger partial charge >= 0.3 is 0 Å². The first-order valence-corrected chi connectivity index (χ1v) is 11.2. The van der Waals surface area contributed by atoms with Crippen molar-refractivity contribution >= 4 is 23.4 Å². The molecule has 1 unspecified atom stereocenters. The van der Waals surface area contributed by atoms with Gasteiger partial charge in [0.25, 0.3) is 0 Å². The van der Waals surface area contributed by atoms with Crippen molar-refractivity contribution in [3.8, 4) is 11.4 Å². The van der Waals surface area contributed by atoms with Gasteiger partial charge in [-0.2, -0.15) is 0 Å². The second-order valence-corrected chi connectivity index (χ2v) is 8.38. The summed E-state index contributed by atoms with van der Waals surface area (Å²) in [7, 11) is 0. The minimum atomic E-state index is 0.652. The lowest BCUT2D eigenvalue weighted by molar-refractivity contribution is 0.420. The molecule has 1 atom stereocenters. The van der Waals surface area contributed by atoms with Crippen LogP contribution in [0.3, 0.4) is 0 Å². The van der Waals surface area contributed by atoms with E-state index in [0.29, 0.717) is 16.4 Å². The molecule has 2 aromatic rings. The van der Waals surface area contributed by atoms with Crippen molar-refractivity contribution in [3.05, 3.63) is 48.0 Å². The number of hydrogen-bond acceptors (Lipinski definition) is 4. The van der Waals surface area contributed by atoms with Crippen molar-refractivity contribution in [1.82, 2.24) is 15.0 Å². The van der Waals surface area contributed by atoms with Gasteiger partial charge in [0.05, 0.1) is 11.2 Å². The topological polar surface area (TPSA) is 38.7 Å². The molecule has 0 saturated carbocycles. The third kappa shape index (κ3) is 7.27. The quantitative estimate of drug-likeness (QED) is 0.277. The van der Waals surface area contributed by atoms with E-state index < -0.39 is 0 Å². The molecular formula is C22H30ClN3S. The standard InChI is InChI=1S/C22H30ClN3S/c1-4-6-7-18(5-2)9-8-17(3)11-15-27-20-10-12-26-22(21(20)23)19-16-24-13-14-25-19/h10,12-14,16,18H,3-9,11,15H2,1-2H3. The van der Waals surface area contributed by atoms with Crippen molar-refractivity contribution in [1.29, 1.82) is 0 Å². The summed E-state index contributed by atoms with van der Waals surface area (Å²) in [4.78, 5) is 13.8. The monoisotopic (exact) mass is 403 g/mol. The van der Waals surface area contributed by atoms with E-state index in [2.05, 4.69) is 35.4 Å². The van der Waals surface area contributed by atoms with Crippen LogP contribution in [0.2, 0.25) is 5.02 Å². The molecule has 0 bridgehead atoms. The molecule has 0 aliphatic heterocycles. The van der Waals surface area contributed by atoms with Crippen molar-refractivity contribution in [2.24, 2.45) is 5.92 Å². The fraction of sp³-hybridized carbons (Fsp3) is 0.500. The van der Waals surface area contributed by atoms with Gasteiger partial charge in [-0.25, -0.2) is 0 Å². The summed E-state index contributed by atoms with van der Waals surface area (Å²) in [5, 5.41) is 0.652. The number of halogens is 1. The fourth-order valence-corrected chi connectivity index (χ4v) is 4.38. The predicted octanol–water partition coefficient (Wildman–Crippen LogP) is 7.23. The lowest BCUT2D eigenvalue weighted by Crippen LogP contribution is -2.00. The van der Waals surface area contributed by atoms with Crippen LogP contribution >= 0.6 is 23.4 Å². The Morgan fingerprint density at radius 1 is 1.15 bits per heavy atom. The van der Waals surface area contributed by atoms with E-state index in [1.54, 1.807) is 36.5 Å². The molecule has 3 nitrogen and oxygen atoms in total. The third-order valence-electron chi connectivity index (χ3n) is 4.82. The summed E-state index contributed by atoms with van der Waals surface area (Å²) in [6, 6.07) is 1.97. The molecule has 2 heterocycles. The van der Waals surface area contributed by atoms with Gasteiger partial charge in [0.15, 0.2) is 0 Å². The van der Waals surface area contributed by atoms with Gasteiger partial charge in [0.2, 0.25) is 0 Å². The van der Waals surface area contributed by atoms with Crippen LogP contribution in [0, 0.1) is 5.92 Å². The maximum atomic E-state index is 6.56. The van der Waals surface area contributed by atoms with Gasteiger partial charge in [-0.3, -0.25) is 15.0 Å². The van der Waals surface area contributed by atoms with E-state index in [1.807, 2.05) is 6.07 Å². The number of unbranched alkanes of at least 4 members (excludes halogenated alkanes) is 1. The summed E-state index contributed by atoms with van der Waals surface area (Å²) in [6.45, 7) is 8.85. The second kappa shape index (κ2) is 12.1. The molecule has 0 radical (unpaired) electrons. The van der Waals surface area contributed by atoms with Gasteiger partial charge in [-0.1, -0.05) is 63.3 Å². The molecule has 0 saturated heterocycles. The first-order chi connectivity index (χ1) is 13.2. The Morgan fingerprint density at radius 2 is 2.00 bits per heavy atom. The summed E-state index contributed by atoms with van der Waals surface area (Å²) in [5.41, 5.74) is 2.74. The number of pyridine rings is 1. The number of hydrogen-bond donors (Lipinski definition) is 0. The summed E-state index contributed by atoms with van der Waals surface area (Å²) >= 11 is 8.31. The first kappa shape index (κ1) is 21.9. The zero-order chi connectivity index (χ0) is 19.5. The van der Waals surface area contributed by atoms with Crippen LogP contribution < -0.4 is 0 Å². The molecule has 0 spiro atoms. The maximum Gasteiger partial charge on any atom is 0.110 e. The van der Waals surface area contributed by atoms with Crippen LogP contribution in [0.15, 0.2) is 47.9 Å². The molecule has 2 rings (SSSR count). The molecule has 0 fully saturated rings. The lowest BCUT2D eigenvalue weighted by atomic mass is 9.92. The number of nitrogens with zero attached hydrogens (tertiary/aromatic N) is 3. The molecule has 2 aromatic heterocycles. The van der Waals surface area contributed by atoms with E-state index in [4.69, 9.17) is 11.6 Å². The van der Waals surface area contributed by atoms with Crippen LogP contribution in [0.4, 0.5) is 0 Å². The van der Waals surface area contributed by atoms with Gasteiger partial charge in [0.1, 0.15) is 11.4 Å². The van der Waals surface area contributed by atoms with Gasteiger partial charge in [-0.05, 0) is 31.2 Å². The Bertz CT molecular complexity index is 706. The largest absolute Gasteiger partial charge is 0.261 e. The highest BCUT2D eigenvalue weighted by Crippen LogP contribution is 2.34. The molecule has 5 heteroatoms. The molecule has 0 aliphatic rings. The number of allylic oxidation sites excluding steroid dienone is 1. The average molecular weight is 404 g/mol. The normalized spacial score (nSPS) is 12.1. The zero-order valence-corrected chi connectivity index (χ0v) is 18.0. The smallest absolute Gasteiger partial charge is 0.110 e. The molecule has 0 aliphatic carbocycles. The Hall–Kier alpha value is -1.39. The molecule has 0 aromatic carbocycles. The maximum absolute atomic E-state index is 6.56. The van der Waals surface area contributed by atoms with Crippen LogP contribution in [0.25, 0.3) is 11.4 Å². The minimum absolute atomic E-state index is 0.652. The Labute approximate surface area is 173 Å². The predicted molar refractivity (Wildman–Crippen MR) is 117 cm³/mol. The molecule has 0 amide bonds. The fourth-order valence-electron chi connectivity index (χ4n) is 3.02. The number of thioether (sulfide) groups is 1. The van der Waals surface area contributed by atoms with Crippen LogP contribution in [0.5, 0.6) is 0 Å². The van der Waals surface area contributed by atoms with Gasteiger partial charge in [-0.15, -0.1) is 11.8 Å². The van der Waals surface area contributed by atoms with Gasteiger partial charge < -0.3 is 0 Å². The second-order valence-electron chi connectivity index (χ2n) is 6.87. The van der Waals surface area contributed by atoms with Crippen LogP contribution in [-0.4, -0.2) is 20.7 Å². The molecule has 146 valence electrons. The Kier molecular flexibility index (Phi) is 9.85. The zero-order valence-electron chi connectivity index (χ0n) is 16.5. The van der Waals surface area contributed by atoms with Crippen molar-refractivity contribution in [2.75, 3.05) is 5.75 Å². The first-order valence-electron chi connectivity index (χ1n) is 9.86. The SMILES string of the molecule is C=C(CCSc1ccnc(-c2cnccn2)c1Cl)CCC(CC)CCCC. The summed E-state index contributed by atoms with van der Waals surface area (Å²) in [6.07, 6.45) is 15.5. The highest BCUT2D eigenvalue weighted by Gasteiger charge is 2.12. The summed E-state index contributed by atoms with van der Waals surface area (Å²) in [5.74, 6) is 1.83. The van der Waals surface area contributed by atoms with E-state index in [0.717, 1.165) is 29.4 Å². The Morgan fingerprint density at radius 3 is 2.70 bits per heavy atom. The molecular weight excluding hydrogens is 374 g/mol. The highest BCUT2D eigenvalue weighted by atomic mass is 35.5. The minimum Gasteiger partial charge on any atom is -0.261 e.